The fourth-order valence-corrected chi connectivity index (χ4v) is 1.98. The zero-order chi connectivity index (χ0) is 14.8. The van der Waals surface area contributed by atoms with Crippen LogP contribution in [0.25, 0.3) is 0 Å². The van der Waals surface area contributed by atoms with Crippen molar-refractivity contribution < 1.29 is 9.18 Å². The van der Waals surface area contributed by atoms with Crippen LogP contribution in [0.2, 0.25) is 0 Å². The SMILES string of the molecule is CC(C)(C)c1ccccc1C(=O)Nc1ccc(F)nc1. The molecule has 2 rings (SSSR count). The molecule has 104 valence electrons. The third-order valence-corrected chi connectivity index (χ3v) is 2.96. The Morgan fingerprint density at radius 3 is 2.45 bits per heavy atom. The van der Waals surface area contributed by atoms with Gasteiger partial charge in [-0.15, -0.1) is 0 Å². The Morgan fingerprint density at radius 2 is 1.85 bits per heavy atom. The Morgan fingerprint density at radius 1 is 1.15 bits per heavy atom. The van der Waals surface area contributed by atoms with E-state index in [0.29, 0.717) is 11.3 Å². The number of rotatable bonds is 2. The van der Waals surface area contributed by atoms with E-state index in [1.807, 2.05) is 18.2 Å². The van der Waals surface area contributed by atoms with Gasteiger partial charge in [-0.1, -0.05) is 39.0 Å². The van der Waals surface area contributed by atoms with Crippen LogP contribution in [-0.2, 0) is 5.41 Å². The summed E-state index contributed by atoms with van der Waals surface area (Å²) in [7, 11) is 0. The van der Waals surface area contributed by atoms with Crippen LogP contribution in [0.3, 0.4) is 0 Å². The Kier molecular flexibility index (Phi) is 3.84. The summed E-state index contributed by atoms with van der Waals surface area (Å²) in [6.07, 6.45) is 1.30. The Bertz CT molecular complexity index is 615. The van der Waals surface area contributed by atoms with E-state index in [4.69, 9.17) is 0 Å². The molecule has 4 heteroatoms. The number of hydrogen-bond donors (Lipinski definition) is 1. The van der Waals surface area contributed by atoms with Gasteiger partial charge in [0.05, 0.1) is 11.9 Å². The third-order valence-electron chi connectivity index (χ3n) is 2.96. The van der Waals surface area contributed by atoms with Gasteiger partial charge in [-0.25, -0.2) is 4.98 Å². The topological polar surface area (TPSA) is 42.0 Å². The van der Waals surface area contributed by atoms with Crippen LogP contribution in [0.15, 0.2) is 42.6 Å². The summed E-state index contributed by atoms with van der Waals surface area (Å²) in [5.74, 6) is -0.790. The molecule has 0 saturated heterocycles. The molecule has 0 bridgehead atoms. The maximum atomic E-state index is 12.7. The van der Waals surface area contributed by atoms with Crippen LogP contribution in [0.5, 0.6) is 0 Å². The molecule has 1 amide bonds. The molecule has 0 atom stereocenters. The molecule has 0 radical (unpaired) electrons. The Labute approximate surface area is 117 Å². The van der Waals surface area contributed by atoms with Gasteiger partial charge in [0.1, 0.15) is 0 Å². The summed E-state index contributed by atoms with van der Waals surface area (Å²) in [5.41, 5.74) is 1.92. The lowest BCUT2D eigenvalue weighted by Crippen LogP contribution is -2.20. The van der Waals surface area contributed by atoms with Crippen molar-refractivity contribution in [1.82, 2.24) is 4.98 Å². The number of nitrogens with zero attached hydrogens (tertiary/aromatic N) is 1. The first kappa shape index (κ1) is 14.2. The van der Waals surface area contributed by atoms with Gasteiger partial charge < -0.3 is 5.32 Å². The molecule has 3 nitrogen and oxygen atoms in total. The molecule has 0 aliphatic heterocycles. The highest BCUT2D eigenvalue weighted by atomic mass is 19.1. The quantitative estimate of drug-likeness (QED) is 0.845. The summed E-state index contributed by atoms with van der Waals surface area (Å²) in [6.45, 7) is 6.16. The molecular formula is C16H17FN2O. The molecule has 1 heterocycles. The van der Waals surface area contributed by atoms with E-state index in [1.165, 1.54) is 18.3 Å². The first-order valence-electron chi connectivity index (χ1n) is 6.40. The number of aromatic nitrogens is 1. The summed E-state index contributed by atoms with van der Waals surface area (Å²) in [4.78, 5) is 15.8. The molecule has 1 N–H and O–H groups in total. The van der Waals surface area contributed by atoms with E-state index in [-0.39, 0.29) is 11.3 Å². The van der Waals surface area contributed by atoms with Crippen LogP contribution < -0.4 is 5.32 Å². The van der Waals surface area contributed by atoms with Crippen molar-refractivity contribution >= 4 is 11.6 Å². The normalized spacial score (nSPS) is 11.2. The third kappa shape index (κ3) is 3.20. The van der Waals surface area contributed by atoms with Gasteiger partial charge in [0, 0.05) is 5.56 Å². The van der Waals surface area contributed by atoms with E-state index in [1.54, 1.807) is 6.07 Å². The number of hydrogen-bond acceptors (Lipinski definition) is 2. The second kappa shape index (κ2) is 5.41. The fourth-order valence-electron chi connectivity index (χ4n) is 1.98. The van der Waals surface area contributed by atoms with Gasteiger partial charge in [-0.05, 0) is 29.2 Å². The number of benzene rings is 1. The predicted octanol–water partition coefficient (Wildman–Crippen LogP) is 3.77. The highest BCUT2D eigenvalue weighted by molar-refractivity contribution is 6.05. The number of anilines is 1. The summed E-state index contributed by atoms with van der Waals surface area (Å²) in [5, 5.41) is 2.73. The minimum Gasteiger partial charge on any atom is -0.321 e. The maximum Gasteiger partial charge on any atom is 0.256 e. The summed E-state index contributed by atoms with van der Waals surface area (Å²) >= 11 is 0. The Hall–Kier alpha value is -2.23. The van der Waals surface area contributed by atoms with Crippen LogP contribution in [-0.4, -0.2) is 10.9 Å². The highest BCUT2D eigenvalue weighted by Gasteiger charge is 2.21. The van der Waals surface area contributed by atoms with Crippen molar-refractivity contribution in [3.05, 3.63) is 59.7 Å². The fraction of sp³-hybridized carbons (Fsp3) is 0.250. The second-order valence-corrected chi connectivity index (χ2v) is 5.62. The van der Waals surface area contributed by atoms with Crippen LogP contribution >= 0.6 is 0 Å². The van der Waals surface area contributed by atoms with Crippen molar-refractivity contribution in [1.29, 1.82) is 0 Å². The van der Waals surface area contributed by atoms with Crippen molar-refractivity contribution in [2.75, 3.05) is 5.32 Å². The standard InChI is InChI=1S/C16H17FN2O/c1-16(2,3)13-7-5-4-6-12(13)15(20)19-11-8-9-14(17)18-10-11/h4-10H,1-3H3,(H,19,20). The first-order chi connectivity index (χ1) is 9.38. The first-order valence-corrected chi connectivity index (χ1v) is 6.40. The minimum atomic E-state index is -0.571. The predicted molar refractivity (Wildman–Crippen MR) is 77.3 cm³/mol. The lowest BCUT2D eigenvalue weighted by atomic mass is 9.83. The molecule has 0 aliphatic rings. The largest absolute Gasteiger partial charge is 0.321 e. The molecule has 0 fully saturated rings. The average Bonchev–Trinajstić information content (AvgIpc) is 2.40. The van der Waals surface area contributed by atoms with E-state index in [2.05, 4.69) is 31.1 Å². The molecule has 0 saturated carbocycles. The molecule has 0 aliphatic carbocycles. The maximum absolute atomic E-state index is 12.7. The number of carbonyl (C=O) groups is 1. The number of pyridine rings is 1. The zero-order valence-corrected chi connectivity index (χ0v) is 11.8. The van der Waals surface area contributed by atoms with E-state index >= 15 is 0 Å². The zero-order valence-electron chi connectivity index (χ0n) is 11.8. The van der Waals surface area contributed by atoms with Gasteiger partial charge in [0.2, 0.25) is 5.95 Å². The van der Waals surface area contributed by atoms with Crippen molar-refractivity contribution in [3.63, 3.8) is 0 Å². The molecule has 1 aromatic heterocycles. The molecule has 2 aromatic rings. The number of amides is 1. The lowest BCUT2D eigenvalue weighted by molar-refractivity contribution is 0.102. The average molecular weight is 272 g/mol. The van der Waals surface area contributed by atoms with Crippen molar-refractivity contribution in [2.45, 2.75) is 26.2 Å². The van der Waals surface area contributed by atoms with Gasteiger partial charge in [-0.3, -0.25) is 4.79 Å². The molecule has 20 heavy (non-hydrogen) atoms. The Balaban J connectivity index is 2.28. The van der Waals surface area contributed by atoms with Crippen LogP contribution in [0, 0.1) is 5.95 Å². The van der Waals surface area contributed by atoms with Crippen molar-refractivity contribution in [2.24, 2.45) is 0 Å². The number of nitrogens with one attached hydrogen (secondary N) is 1. The summed E-state index contributed by atoms with van der Waals surface area (Å²) < 4.78 is 12.7. The smallest absolute Gasteiger partial charge is 0.256 e. The van der Waals surface area contributed by atoms with Gasteiger partial charge in [0.25, 0.3) is 5.91 Å². The molecule has 0 spiro atoms. The van der Waals surface area contributed by atoms with Crippen LogP contribution in [0.4, 0.5) is 10.1 Å². The number of carbonyl (C=O) groups excluding carboxylic acids is 1. The molecule has 1 aromatic carbocycles. The molecular weight excluding hydrogens is 255 g/mol. The van der Waals surface area contributed by atoms with E-state index in [9.17, 15) is 9.18 Å². The second-order valence-electron chi connectivity index (χ2n) is 5.62. The monoisotopic (exact) mass is 272 g/mol. The minimum absolute atomic E-state index is 0.130. The van der Waals surface area contributed by atoms with E-state index in [0.717, 1.165) is 5.56 Å². The molecule has 0 unspecified atom stereocenters. The highest BCUT2D eigenvalue weighted by Crippen LogP contribution is 2.26. The van der Waals surface area contributed by atoms with Gasteiger partial charge in [0.15, 0.2) is 0 Å². The van der Waals surface area contributed by atoms with Gasteiger partial charge >= 0.3 is 0 Å². The van der Waals surface area contributed by atoms with Crippen LogP contribution in [0.1, 0.15) is 36.7 Å². The van der Waals surface area contributed by atoms with E-state index < -0.39 is 5.95 Å². The lowest BCUT2D eigenvalue weighted by Gasteiger charge is -2.22. The number of halogens is 1. The summed E-state index contributed by atoms with van der Waals surface area (Å²) in [6, 6.07) is 10.2. The van der Waals surface area contributed by atoms with Gasteiger partial charge in [-0.2, -0.15) is 4.39 Å². The van der Waals surface area contributed by atoms with Crippen molar-refractivity contribution in [3.8, 4) is 0 Å².